The Kier molecular flexibility index (Phi) is 1.50. The topological polar surface area (TPSA) is 20.2 Å². The quantitative estimate of drug-likeness (QED) is 0.544. The van der Waals surface area contributed by atoms with Gasteiger partial charge in [-0.1, -0.05) is 0 Å². The van der Waals surface area contributed by atoms with Gasteiger partial charge in [0.2, 0.25) is 0 Å². The molecule has 0 radical (unpaired) electrons. The van der Waals surface area contributed by atoms with Crippen LogP contribution in [0.2, 0.25) is 16.8 Å². The van der Waals surface area contributed by atoms with Gasteiger partial charge in [-0.2, -0.15) is 0 Å². The van der Waals surface area contributed by atoms with Gasteiger partial charge in [0.25, 0.3) is 0 Å². The fourth-order valence-electron chi connectivity index (χ4n) is 1.05. The molecular formula is C6H12GeO. The van der Waals surface area contributed by atoms with Crippen LogP contribution in [0, 0.1) is 0 Å². The fourth-order valence-corrected chi connectivity index (χ4v) is 5.44. The van der Waals surface area contributed by atoms with Crippen molar-refractivity contribution in [2.45, 2.75) is 22.9 Å². The number of rotatable bonds is 0. The Morgan fingerprint density at radius 1 is 1.62 bits per heavy atom. The molecule has 8 heavy (non-hydrogen) atoms. The summed E-state index contributed by atoms with van der Waals surface area (Å²) < 4.78 is 0. The molecule has 0 aliphatic carbocycles. The molecule has 1 aliphatic heterocycles. The minimum absolute atomic E-state index is 0.106. The molecule has 46 valence electrons. The molecule has 0 aromatic rings. The molecule has 0 aromatic carbocycles. The van der Waals surface area contributed by atoms with Crippen molar-refractivity contribution >= 4 is 13.3 Å². The summed E-state index contributed by atoms with van der Waals surface area (Å²) in [6.45, 7) is 0. The summed E-state index contributed by atoms with van der Waals surface area (Å²) >= 11 is -1.48. The zero-order valence-corrected chi connectivity index (χ0v) is 7.48. The summed E-state index contributed by atoms with van der Waals surface area (Å²) in [5, 5.41) is 10.1. The molecule has 0 saturated carbocycles. The Labute approximate surface area is 52.8 Å². The van der Waals surface area contributed by atoms with Crippen LogP contribution in [-0.4, -0.2) is 24.5 Å². The van der Waals surface area contributed by atoms with Gasteiger partial charge in [0, 0.05) is 0 Å². The van der Waals surface area contributed by atoms with Crippen molar-refractivity contribution in [3.63, 3.8) is 0 Å². The van der Waals surface area contributed by atoms with Gasteiger partial charge in [-0.15, -0.1) is 0 Å². The van der Waals surface area contributed by atoms with E-state index in [2.05, 4.69) is 16.4 Å². The van der Waals surface area contributed by atoms with Gasteiger partial charge in [0.05, 0.1) is 0 Å². The van der Waals surface area contributed by atoms with E-state index in [0.717, 1.165) is 5.25 Å². The normalized spacial score (nSPS) is 33.6. The SMILES string of the molecule is [CH3][Ge]1([CH3])[CH]=CC(O)[CH2]1. The Bertz CT molecular complexity index is 118. The first-order valence-corrected chi connectivity index (χ1v) is 9.87. The van der Waals surface area contributed by atoms with Crippen molar-refractivity contribution in [3.8, 4) is 0 Å². The van der Waals surface area contributed by atoms with E-state index in [-0.39, 0.29) is 6.10 Å². The molecule has 0 amide bonds. The number of aliphatic hydroxyl groups excluding tert-OH is 1. The standard InChI is InChI=1S/C6H12GeO/c1-7(2)4-3-6(8)5-7/h3-4,6,8H,5H2,1-2H3. The van der Waals surface area contributed by atoms with Gasteiger partial charge >= 0.3 is 52.2 Å². The summed E-state index contributed by atoms with van der Waals surface area (Å²) in [6.07, 6.45) is 1.84. The van der Waals surface area contributed by atoms with Gasteiger partial charge in [-0.05, 0) is 0 Å². The van der Waals surface area contributed by atoms with Gasteiger partial charge in [-0.3, -0.25) is 0 Å². The molecule has 0 bridgehead atoms. The summed E-state index contributed by atoms with van der Waals surface area (Å²) in [4.78, 5) is 2.25. The molecule has 0 saturated heterocycles. The molecule has 1 unspecified atom stereocenters. The van der Waals surface area contributed by atoms with Crippen LogP contribution < -0.4 is 0 Å². The van der Waals surface area contributed by atoms with E-state index in [0.29, 0.717) is 0 Å². The third-order valence-corrected chi connectivity index (χ3v) is 6.89. The average molecular weight is 173 g/mol. The van der Waals surface area contributed by atoms with Crippen molar-refractivity contribution in [1.82, 2.24) is 0 Å². The van der Waals surface area contributed by atoms with Crippen molar-refractivity contribution in [2.24, 2.45) is 0 Å². The third-order valence-electron chi connectivity index (χ3n) is 1.50. The molecule has 0 aromatic heterocycles. The molecule has 1 N–H and O–H groups in total. The van der Waals surface area contributed by atoms with Crippen LogP contribution in [0.15, 0.2) is 11.0 Å². The maximum absolute atomic E-state index is 9.02. The first kappa shape index (κ1) is 6.36. The third kappa shape index (κ3) is 1.36. The zero-order chi connectivity index (χ0) is 6.20. The molecule has 0 fully saturated rings. The van der Waals surface area contributed by atoms with E-state index in [1.807, 2.05) is 6.08 Å². The molecule has 1 nitrogen and oxygen atoms in total. The van der Waals surface area contributed by atoms with Crippen molar-refractivity contribution in [1.29, 1.82) is 0 Å². The molecule has 0 spiro atoms. The summed E-state index contributed by atoms with van der Waals surface area (Å²) in [5.41, 5.74) is 0. The number of aliphatic hydroxyl groups is 1. The zero-order valence-electron chi connectivity index (χ0n) is 5.39. The van der Waals surface area contributed by atoms with Crippen LogP contribution in [0.25, 0.3) is 0 Å². The first-order valence-electron chi connectivity index (χ1n) is 2.98. The van der Waals surface area contributed by atoms with Gasteiger partial charge in [-0.25, -0.2) is 0 Å². The maximum atomic E-state index is 9.02. The van der Waals surface area contributed by atoms with E-state index < -0.39 is 13.3 Å². The Balaban J connectivity index is 2.58. The van der Waals surface area contributed by atoms with Gasteiger partial charge in [0.1, 0.15) is 0 Å². The van der Waals surface area contributed by atoms with Gasteiger partial charge in [0.15, 0.2) is 0 Å². The molecule has 2 heteroatoms. The molecular weight excluding hydrogens is 161 g/mol. The second-order valence-corrected chi connectivity index (χ2v) is 13.0. The number of hydrogen-bond acceptors (Lipinski definition) is 1. The van der Waals surface area contributed by atoms with Crippen LogP contribution in [0.4, 0.5) is 0 Å². The average Bonchev–Trinajstić information content (AvgIpc) is 1.82. The Morgan fingerprint density at radius 2 is 2.25 bits per heavy atom. The summed E-state index contributed by atoms with van der Waals surface area (Å²) in [6, 6.07) is 0. The first-order chi connectivity index (χ1) is 3.60. The van der Waals surface area contributed by atoms with E-state index in [9.17, 15) is 0 Å². The van der Waals surface area contributed by atoms with E-state index in [1.54, 1.807) is 0 Å². The Hall–Kier alpha value is 0.243. The van der Waals surface area contributed by atoms with E-state index >= 15 is 0 Å². The van der Waals surface area contributed by atoms with Crippen LogP contribution >= 0.6 is 0 Å². The molecule has 1 atom stereocenters. The summed E-state index contributed by atoms with van der Waals surface area (Å²) in [5.74, 6) is 4.62. The fraction of sp³-hybridized carbons (Fsp3) is 0.667. The number of hydrogen-bond donors (Lipinski definition) is 1. The molecule has 1 rings (SSSR count). The second-order valence-electron chi connectivity index (χ2n) is 3.12. The predicted molar refractivity (Wildman–Crippen MR) is 37.4 cm³/mol. The van der Waals surface area contributed by atoms with Crippen molar-refractivity contribution < 1.29 is 5.11 Å². The van der Waals surface area contributed by atoms with Gasteiger partial charge < -0.3 is 0 Å². The molecule has 1 aliphatic rings. The van der Waals surface area contributed by atoms with Crippen molar-refractivity contribution in [3.05, 3.63) is 11.0 Å². The minimum atomic E-state index is -1.48. The summed E-state index contributed by atoms with van der Waals surface area (Å²) in [7, 11) is 0. The van der Waals surface area contributed by atoms with Crippen LogP contribution in [0.1, 0.15) is 0 Å². The monoisotopic (exact) mass is 174 g/mol. The second kappa shape index (κ2) is 1.88. The van der Waals surface area contributed by atoms with Crippen molar-refractivity contribution in [2.75, 3.05) is 0 Å². The predicted octanol–water partition coefficient (Wildman–Crippen LogP) is 1.16. The van der Waals surface area contributed by atoms with E-state index in [1.165, 1.54) is 0 Å². The van der Waals surface area contributed by atoms with E-state index in [4.69, 9.17) is 5.11 Å². The van der Waals surface area contributed by atoms with Crippen LogP contribution in [-0.2, 0) is 0 Å². The molecule has 1 heterocycles. The Morgan fingerprint density at radius 3 is 2.38 bits per heavy atom. The van der Waals surface area contributed by atoms with Crippen LogP contribution in [0.3, 0.4) is 0 Å². The van der Waals surface area contributed by atoms with Crippen LogP contribution in [0.5, 0.6) is 0 Å².